The van der Waals surface area contributed by atoms with E-state index in [1.165, 1.54) is 17.0 Å². The highest BCUT2D eigenvalue weighted by Gasteiger charge is 2.32. The third-order valence-electron chi connectivity index (χ3n) is 6.99. The summed E-state index contributed by atoms with van der Waals surface area (Å²) in [5.74, 6) is -0.733. The first-order chi connectivity index (χ1) is 18.6. The normalized spacial score (nSPS) is 12.0. The number of unbranched alkanes of at least 4 members (excludes halogenated alkanes) is 1. The number of amides is 2. The van der Waals surface area contributed by atoms with Gasteiger partial charge in [-0.3, -0.25) is 13.9 Å². The van der Waals surface area contributed by atoms with Crippen LogP contribution in [0.15, 0.2) is 77.7 Å². The number of hydrogen-bond donors (Lipinski definition) is 1. The van der Waals surface area contributed by atoms with Crippen molar-refractivity contribution in [2.24, 2.45) is 0 Å². The maximum Gasteiger partial charge on any atom is 0.264 e. The third kappa shape index (κ3) is 7.47. The standard InChI is InChI=1S/C31H39N3O4S/c1-6-7-19-32-31(36)26(5)33(21-27-14-12-11-13-24(27)3)30(35)22-34(28-18-17-23(2)25(4)20-28)39(37,38)29-15-9-8-10-16-29/h8-18,20,26H,6-7,19,21-22H2,1-5H3,(H,32,36)/t26-/m1/s1. The molecule has 1 atom stereocenters. The van der Waals surface area contributed by atoms with Gasteiger partial charge in [0.2, 0.25) is 11.8 Å². The number of aryl methyl sites for hydroxylation is 3. The summed E-state index contributed by atoms with van der Waals surface area (Å²) in [4.78, 5) is 28.6. The van der Waals surface area contributed by atoms with E-state index in [2.05, 4.69) is 5.32 Å². The largest absolute Gasteiger partial charge is 0.354 e. The van der Waals surface area contributed by atoms with Gasteiger partial charge in [0.05, 0.1) is 10.6 Å². The number of sulfonamides is 1. The Balaban J connectivity index is 2.02. The molecule has 0 radical (unpaired) electrons. The lowest BCUT2D eigenvalue weighted by molar-refractivity contribution is -0.139. The Morgan fingerprint density at radius 1 is 0.872 bits per heavy atom. The van der Waals surface area contributed by atoms with E-state index in [0.717, 1.165) is 39.4 Å². The third-order valence-corrected chi connectivity index (χ3v) is 8.78. The van der Waals surface area contributed by atoms with E-state index < -0.39 is 28.5 Å². The summed E-state index contributed by atoms with van der Waals surface area (Å²) in [5.41, 5.74) is 4.19. The first-order valence-corrected chi connectivity index (χ1v) is 14.8. The van der Waals surface area contributed by atoms with Gasteiger partial charge in [-0.05, 0) is 80.6 Å². The summed E-state index contributed by atoms with van der Waals surface area (Å²) in [6.07, 6.45) is 1.77. The molecule has 0 spiro atoms. The van der Waals surface area contributed by atoms with Crippen molar-refractivity contribution in [1.82, 2.24) is 10.2 Å². The molecule has 3 rings (SSSR count). The molecule has 3 aromatic carbocycles. The highest BCUT2D eigenvalue weighted by molar-refractivity contribution is 7.92. The number of nitrogens with one attached hydrogen (secondary N) is 1. The van der Waals surface area contributed by atoms with Gasteiger partial charge in [-0.15, -0.1) is 0 Å². The number of anilines is 1. The molecule has 2 amide bonds. The van der Waals surface area contributed by atoms with E-state index in [9.17, 15) is 18.0 Å². The summed E-state index contributed by atoms with van der Waals surface area (Å²) in [6, 6.07) is 20.3. The van der Waals surface area contributed by atoms with Crippen molar-refractivity contribution in [2.75, 3.05) is 17.4 Å². The molecular formula is C31H39N3O4S. The fourth-order valence-electron chi connectivity index (χ4n) is 4.22. The van der Waals surface area contributed by atoms with E-state index in [1.54, 1.807) is 37.3 Å². The minimum atomic E-state index is -4.07. The van der Waals surface area contributed by atoms with Crippen LogP contribution in [-0.2, 0) is 26.2 Å². The quantitative estimate of drug-likeness (QED) is 0.317. The zero-order valence-electron chi connectivity index (χ0n) is 23.5. The zero-order valence-corrected chi connectivity index (χ0v) is 24.3. The molecular weight excluding hydrogens is 510 g/mol. The van der Waals surface area contributed by atoms with Gasteiger partial charge < -0.3 is 10.2 Å². The molecule has 3 aromatic rings. The number of rotatable bonds is 12. The second kappa shape index (κ2) is 13.4. The van der Waals surface area contributed by atoms with Crippen molar-refractivity contribution in [3.8, 4) is 0 Å². The monoisotopic (exact) mass is 549 g/mol. The molecule has 0 saturated carbocycles. The van der Waals surface area contributed by atoms with Gasteiger partial charge in [0, 0.05) is 13.1 Å². The van der Waals surface area contributed by atoms with Crippen molar-refractivity contribution in [1.29, 1.82) is 0 Å². The van der Waals surface area contributed by atoms with Crippen molar-refractivity contribution >= 4 is 27.5 Å². The van der Waals surface area contributed by atoms with Crippen LogP contribution < -0.4 is 9.62 Å². The lowest BCUT2D eigenvalue weighted by Gasteiger charge is -2.32. The molecule has 7 nitrogen and oxygen atoms in total. The molecule has 0 saturated heterocycles. The van der Waals surface area contributed by atoms with Gasteiger partial charge in [0.1, 0.15) is 12.6 Å². The van der Waals surface area contributed by atoms with Gasteiger partial charge >= 0.3 is 0 Å². The van der Waals surface area contributed by atoms with Crippen molar-refractivity contribution in [2.45, 2.75) is 64.9 Å². The molecule has 0 bridgehead atoms. The van der Waals surface area contributed by atoms with Crippen LogP contribution in [0.4, 0.5) is 5.69 Å². The van der Waals surface area contributed by atoms with Gasteiger partial charge in [0.15, 0.2) is 0 Å². The first-order valence-electron chi connectivity index (χ1n) is 13.3. The van der Waals surface area contributed by atoms with Crippen LogP contribution in [0.1, 0.15) is 48.9 Å². The second-order valence-corrected chi connectivity index (χ2v) is 11.7. The molecule has 208 valence electrons. The molecule has 0 aliphatic rings. The smallest absolute Gasteiger partial charge is 0.264 e. The Kier molecular flexibility index (Phi) is 10.3. The Morgan fingerprint density at radius 3 is 2.18 bits per heavy atom. The van der Waals surface area contributed by atoms with Crippen molar-refractivity contribution in [3.05, 3.63) is 95.1 Å². The molecule has 8 heteroatoms. The van der Waals surface area contributed by atoms with Crippen LogP contribution >= 0.6 is 0 Å². The highest BCUT2D eigenvalue weighted by atomic mass is 32.2. The van der Waals surface area contributed by atoms with Crippen LogP contribution in [0, 0.1) is 20.8 Å². The van der Waals surface area contributed by atoms with Crippen LogP contribution in [-0.4, -0.2) is 44.3 Å². The SMILES string of the molecule is CCCCNC(=O)[C@@H](C)N(Cc1ccccc1C)C(=O)CN(c1ccc(C)c(C)c1)S(=O)(=O)c1ccccc1. The Hall–Kier alpha value is -3.65. The van der Waals surface area contributed by atoms with Crippen LogP contribution in [0.3, 0.4) is 0 Å². The topological polar surface area (TPSA) is 86.8 Å². The highest BCUT2D eigenvalue weighted by Crippen LogP contribution is 2.26. The predicted octanol–water partition coefficient (Wildman–Crippen LogP) is 5.14. The molecule has 39 heavy (non-hydrogen) atoms. The molecule has 0 heterocycles. The second-order valence-electron chi connectivity index (χ2n) is 9.86. The summed E-state index contributed by atoms with van der Waals surface area (Å²) >= 11 is 0. The predicted molar refractivity (Wildman–Crippen MR) is 156 cm³/mol. The van der Waals surface area contributed by atoms with E-state index in [-0.39, 0.29) is 17.3 Å². The number of carbonyl (C=O) groups excluding carboxylic acids is 2. The lowest BCUT2D eigenvalue weighted by Crippen LogP contribution is -2.51. The fourth-order valence-corrected chi connectivity index (χ4v) is 5.65. The lowest BCUT2D eigenvalue weighted by atomic mass is 10.1. The van der Waals surface area contributed by atoms with Crippen molar-refractivity contribution < 1.29 is 18.0 Å². The van der Waals surface area contributed by atoms with E-state index in [1.807, 2.05) is 58.0 Å². The minimum absolute atomic E-state index is 0.0897. The van der Waals surface area contributed by atoms with E-state index >= 15 is 0 Å². The Bertz CT molecular complexity index is 1390. The number of carbonyl (C=O) groups is 2. The van der Waals surface area contributed by atoms with Crippen LogP contribution in [0.25, 0.3) is 0 Å². The van der Waals surface area contributed by atoms with Crippen LogP contribution in [0.2, 0.25) is 0 Å². The summed E-state index contributed by atoms with van der Waals surface area (Å²) in [5, 5.41) is 2.91. The number of nitrogens with zero attached hydrogens (tertiary/aromatic N) is 2. The van der Waals surface area contributed by atoms with Gasteiger partial charge in [-0.1, -0.05) is 61.9 Å². The number of benzene rings is 3. The van der Waals surface area contributed by atoms with E-state index in [0.29, 0.717) is 12.2 Å². The molecule has 0 aliphatic carbocycles. The average molecular weight is 550 g/mol. The van der Waals surface area contributed by atoms with Gasteiger partial charge in [0.25, 0.3) is 10.0 Å². The van der Waals surface area contributed by atoms with Crippen LogP contribution in [0.5, 0.6) is 0 Å². The summed E-state index contributed by atoms with van der Waals surface area (Å²) in [7, 11) is -4.07. The van der Waals surface area contributed by atoms with E-state index in [4.69, 9.17) is 0 Å². The summed E-state index contributed by atoms with van der Waals surface area (Å²) in [6.45, 7) is 9.78. The van der Waals surface area contributed by atoms with Gasteiger partial charge in [-0.25, -0.2) is 8.42 Å². The molecule has 0 fully saturated rings. The average Bonchev–Trinajstić information content (AvgIpc) is 2.92. The maximum absolute atomic E-state index is 14.0. The van der Waals surface area contributed by atoms with Crippen molar-refractivity contribution in [3.63, 3.8) is 0 Å². The Morgan fingerprint density at radius 2 is 1.54 bits per heavy atom. The molecule has 0 aromatic heterocycles. The zero-order chi connectivity index (χ0) is 28.6. The molecule has 0 aliphatic heterocycles. The van der Waals surface area contributed by atoms with Gasteiger partial charge in [-0.2, -0.15) is 0 Å². The fraction of sp³-hybridized carbons (Fsp3) is 0.355. The summed E-state index contributed by atoms with van der Waals surface area (Å²) < 4.78 is 28.8. The minimum Gasteiger partial charge on any atom is -0.354 e. The Labute approximate surface area is 232 Å². The molecule has 1 N–H and O–H groups in total. The maximum atomic E-state index is 14.0. The molecule has 0 unspecified atom stereocenters. The number of hydrogen-bond acceptors (Lipinski definition) is 4. The first kappa shape index (κ1) is 29.9.